The summed E-state index contributed by atoms with van der Waals surface area (Å²) in [5.74, 6) is 0.614. The molecule has 12 heavy (non-hydrogen) atoms. The van der Waals surface area contributed by atoms with E-state index >= 15 is 0 Å². The molecule has 0 aliphatic carbocycles. The first-order valence-corrected chi connectivity index (χ1v) is 3.79. The fourth-order valence-corrected chi connectivity index (χ4v) is 1.21. The van der Waals surface area contributed by atoms with Crippen LogP contribution in [0.4, 0.5) is 0 Å². The Morgan fingerprint density at radius 3 is 2.92 bits per heavy atom. The van der Waals surface area contributed by atoms with E-state index in [1.54, 1.807) is 12.4 Å². The number of aromatic nitrogens is 1. The summed E-state index contributed by atoms with van der Waals surface area (Å²) < 4.78 is 0. The fourth-order valence-electron chi connectivity index (χ4n) is 1.21. The van der Waals surface area contributed by atoms with Crippen molar-refractivity contribution in [3.63, 3.8) is 0 Å². The molecule has 0 amide bonds. The number of hydrogen-bond acceptors (Lipinski definition) is 3. The molecule has 1 aromatic heterocycles. The van der Waals surface area contributed by atoms with Crippen molar-refractivity contribution in [2.24, 2.45) is 10.7 Å². The largest absolute Gasteiger partial charge is 0.383 e. The zero-order valence-electron chi connectivity index (χ0n) is 6.57. The van der Waals surface area contributed by atoms with E-state index in [-0.39, 0.29) is 0 Å². The molecule has 0 fully saturated rings. The van der Waals surface area contributed by atoms with Crippen LogP contribution in [0.1, 0.15) is 5.56 Å². The molecule has 0 spiro atoms. The lowest BCUT2D eigenvalue weighted by Crippen LogP contribution is -2.10. The van der Waals surface area contributed by atoms with Crippen LogP contribution in [0.2, 0.25) is 0 Å². The van der Waals surface area contributed by atoms with Crippen molar-refractivity contribution in [2.45, 2.75) is 0 Å². The third-order valence-corrected chi connectivity index (χ3v) is 1.81. The van der Waals surface area contributed by atoms with Gasteiger partial charge in [-0.1, -0.05) is 12.1 Å². The first-order chi connectivity index (χ1) is 5.88. The lowest BCUT2D eigenvalue weighted by atomic mass is 10.1. The van der Waals surface area contributed by atoms with Gasteiger partial charge in [-0.25, -0.2) is 0 Å². The molecular weight excluding hydrogens is 150 g/mol. The number of aliphatic imine (C=N–C) groups is 1. The smallest absolute Gasteiger partial charge is 0.126 e. The van der Waals surface area contributed by atoms with Crippen LogP contribution in [-0.2, 0) is 0 Å². The molecule has 3 heteroatoms. The first kappa shape index (κ1) is 7.03. The van der Waals surface area contributed by atoms with E-state index in [0.717, 1.165) is 11.1 Å². The van der Waals surface area contributed by atoms with Crippen LogP contribution in [-0.4, -0.2) is 17.4 Å². The Bertz CT molecular complexity index is 338. The van der Waals surface area contributed by atoms with Crippen molar-refractivity contribution in [2.75, 3.05) is 6.54 Å². The van der Waals surface area contributed by atoms with E-state index in [1.165, 1.54) is 0 Å². The number of rotatable bonds is 1. The summed E-state index contributed by atoms with van der Waals surface area (Å²) >= 11 is 0. The van der Waals surface area contributed by atoms with Crippen molar-refractivity contribution >= 4 is 11.4 Å². The topological polar surface area (TPSA) is 51.3 Å². The van der Waals surface area contributed by atoms with Gasteiger partial charge in [0.1, 0.15) is 5.84 Å². The molecular formula is C9H9N3. The van der Waals surface area contributed by atoms with Gasteiger partial charge in [0.15, 0.2) is 0 Å². The molecule has 0 bridgehead atoms. The zero-order chi connectivity index (χ0) is 8.39. The highest BCUT2D eigenvalue weighted by molar-refractivity contribution is 6.23. The summed E-state index contributed by atoms with van der Waals surface area (Å²) in [5, 5.41) is 0. The Kier molecular flexibility index (Phi) is 1.63. The number of pyridine rings is 1. The van der Waals surface area contributed by atoms with Gasteiger partial charge < -0.3 is 5.73 Å². The van der Waals surface area contributed by atoms with Gasteiger partial charge in [-0.15, -0.1) is 0 Å². The quantitative estimate of drug-likeness (QED) is 0.660. The van der Waals surface area contributed by atoms with Crippen LogP contribution < -0.4 is 5.73 Å². The van der Waals surface area contributed by atoms with Crippen LogP contribution in [0.3, 0.4) is 0 Å². The van der Waals surface area contributed by atoms with E-state index in [4.69, 9.17) is 5.73 Å². The molecule has 2 N–H and O–H groups in total. The number of amidine groups is 1. The molecule has 0 aromatic carbocycles. The summed E-state index contributed by atoms with van der Waals surface area (Å²) in [4.78, 5) is 8.08. The fraction of sp³-hybridized carbons (Fsp3) is 0.111. The minimum Gasteiger partial charge on any atom is -0.383 e. The molecule has 0 atom stereocenters. The second-order valence-electron chi connectivity index (χ2n) is 2.59. The van der Waals surface area contributed by atoms with Gasteiger partial charge in [0.05, 0.1) is 6.54 Å². The molecule has 2 heterocycles. The highest BCUT2D eigenvalue weighted by atomic mass is 14.9. The normalized spacial score (nSPS) is 15.7. The predicted octanol–water partition coefficient (Wildman–Crippen LogP) is 0.836. The van der Waals surface area contributed by atoms with Gasteiger partial charge in [-0.05, 0) is 6.07 Å². The standard InChI is InChI=1S/C9H9N3/c10-9-8(3-5-12-9)7-2-1-4-11-6-7/h1-4,6H,5H2,(H2,10,12). The predicted molar refractivity (Wildman–Crippen MR) is 48.7 cm³/mol. The maximum Gasteiger partial charge on any atom is 0.126 e. The van der Waals surface area contributed by atoms with Gasteiger partial charge in [-0.3, -0.25) is 9.98 Å². The lowest BCUT2D eigenvalue weighted by Gasteiger charge is -2.00. The van der Waals surface area contributed by atoms with Gasteiger partial charge in [0, 0.05) is 23.5 Å². The van der Waals surface area contributed by atoms with E-state index in [0.29, 0.717) is 12.4 Å². The van der Waals surface area contributed by atoms with Gasteiger partial charge in [-0.2, -0.15) is 0 Å². The molecule has 0 saturated carbocycles. The van der Waals surface area contributed by atoms with E-state index in [2.05, 4.69) is 9.98 Å². The Balaban J connectivity index is 2.39. The Morgan fingerprint density at radius 1 is 1.42 bits per heavy atom. The van der Waals surface area contributed by atoms with Crippen molar-refractivity contribution in [3.05, 3.63) is 36.2 Å². The molecule has 1 aromatic rings. The van der Waals surface area contributed by atoms with E-state index < -0.39 is 0 Å². The number of nitrogens with two attached hydrogens (primary N) is 1. The van der Waals surface area contributed by atoms with Crippen LogP contribution in [0.25, 0.3) is 5.57 Å². The van der Waals surface area contributed by atoms with Crippen molar-refractivity contribution < 1.29 is 0 Å². The minimum atomic E-state index is 0.614. The SMILES string of the molecule is NC1=NCC=C1c1cccnc1. The Morgan fingerprint density at radius 2 is 2.33 bits per heavy atom. The Labute approximate surface area is 70.7 Å². The highest BCUT2D eigenvalue weighted by Crippen LogP contribution is 2.16. The number of hydrogen-bond donors (Lipinski definition) is 1. The van der Waals surface area contributed by atoms with Crippen LogP contribution >= 0.6 is 0 Å². The molecule has 0 unspecified atom stereocenters. The van der Waals surface area contributed by atoms with Crippen LogP contribution in [0.5, 0.6) is 0 Å². The maximum absolute atomic E-state index is 5.66. The minimum absolute atomic E-state index is 0.614. The first-order valence-electron chi connectivity index (χ1n) is 3.79. The second-order valence-corrected chi connectivity index (χ2v) is 2.59. The van der Waals surface area contributed by atoms with Crippen LogP contribution in [0, 0.1) is 0 Å². The second kappa shape index (κ2) is 2.77. The van der Waals surface area contributed by atoms with Gasteiger partial charge >= 0.3 is 0 Å². The van der Waals surface area contributed by atoms with E-state index in [9.17, 15) is 0 Å². The molecule has 1 aliphatic rings. The molecule has 1 aliphatic heterocycles. The van der Waals surface area contributed by atoms with Crippen molar-refractivity contribution in [1.29, 1.82) is 0 Å². The number of nitrogens with zero attached hydrogens (tertiary/aromatic N) is 2. The maximum atomic E-state index is 5.66. The highest BCUT2D eigenvalue weighted by Gasteiger charge is 2.09. The average Bonchev–Trinajstić information content (AvgIpc) is 2.53. The van der Waals surface area contributed by atoms with E-state index in [1.807, 2.05) is 18.2 Å². The van der Waals surface area contributed by atoms with Crippen molar-refractivity contribution in [1.82, 2.24) is 4.98 Å². The van der Waals surface area contributed by atoms with Gasteiger partial charge in [0.25, 0.3) is 0 Å². The molecule has 3 nitrogen and oxygen atoms in total. The summed E-state index contributed by atoms with van der Waals surface area (Å²) in [5.41, 5.74) is 7.71. The van der Waals surface area contributed by atoms with Crippen molar-refractivity contribution in [3.8, 4) is 0 Å². The Hall–Kier alpha value is -1.64. The third kappa shape index (κ3) is 1.09. The molecule has 2 rings (SSSR count). The lowest BCUT2D eigenvalue weighted by molar-refractivity contribution is 1.27. The summed E-state index contributed by atoms with van der Waals surface area (Å²) in [6.45, 7) is 0.691. The molecule has 0 radical (unpaired) electrons. The summed E-state index contributed by atoms with van der Waals surface area (Å²) in [6, 6.07) is 3.87. The molecule has 0 saturated heterocycles. The zero-order valence-corrected chi connectivity index (χ0v) is 6.57. The van der Waals surface area contributed by atoms with Gasteiger partial charge in [0.2, 0.25) is 0 Å². The summed E-state index contributed by atoms with van der Waals surface area (Å²) in [7, 11) is 0. The average molecular weight is 159 g/mol. The monoisotopic (exact) mass is 159 g/mol. The molecule has 60 valence electrons. The van der Waals surface area contributed by atoms with Crippen LogP contribution in [0.15, 0.2) is 35.6 Å². The summed E-state index contributed by atoms with van der Waals surface area (Å²) in [6.07, 6.45) is 5.54. The third-order valence-electron chi connectivity index (χ3n) is 1.81.